The largest absolute Gasteiger partial charge is 0.492 e. The van der Waals surface area contributed by atoms with Crippen molar-refractivity contribution in [2.24, 2.45) is 0 Å². The van der Waals surface area contributed by atoms with E-state index >= 15 is 0 Å². The fraction of sp³-hybridized carbons (Fsp3) is 0.455. The average molecular weight is 243 g/mol. The van der Waals surface area contributed by atoms with E-state index in [1.807, 2.05) is 0 Å². The van der Waals surface area contributed by atoms with E-state index in [1.165, 1.54) is 16.7 Å². The summed E-state index contributed by atoms with van der Waals surface area (Å²) >= 11 is 3.35. The molecular formula is C11H15BrO. The van der Waals surface area contributed by atoms with E-state index in [0.29, 0.717) is 0 Å². The topological polar surface area (TPSA) is 9.23 Å². The van der Waals surface area contributed by atoms with Gasteiger partial charge in [0, 0.05) is 5.33 Å². The van der Waals surface area contributed by atoms with Gasteiger partial charge in [-0.2, -0.15) is 0 Å². The van der Waals surface area contributed by atoms with Gasteiger partial charge in [0.1, 0.15) is 5.75 Å². The minimum atomic E-state index is 0.727. The maximum absolute atomic E-state index is 5.62. The molecule has 72 valence electrons. The van der Waals surface area contributed by atoms with Crippen LogP contribution in [0.25, 0.3) is 0 Å². The molecule has 0 saturated heterocycles. The molecule has 0 fully saturated rings. The molecule has 13 heavy (non-hydrogen) atoms. The van der Waals surface area contributed by atoms with Gasteiger partial charge >= 0.3 is 0 Å². The van der Waals surface area contributed by atoms with Crippen molar-refractivity contribution in [1.29, 1.82) is 0 Å². The van der Waals surface area contributed by atoms with Crippen LogP contribution in [-0.2, 0) is 0 Å². The van der Waals surface area contributed by atoms with Crippen molar-refractivity contribution in [3.8, 4) is 5.75 Å². The molecule has 0 bridgehead atoms. The highest BCUT2D eigenvalue weighted by molar-refractivity contribution is 9.09. The second-order valence-electron chi connectivity index (χ2n) is 3.27. The fourth-order valence-electron chi connectivity index (χ4n) is 1.54. The molecule has 1 aromatic rings. The molecule has 1 aromatic carbocycles. The van der Waals surface area contributed by atoms with Gasteiger partial charge in [0.2, 0.25) is 0 Å². The lowest BCUT2D eigenvalue weighted by Gasteiger charge is -2.11. The van der Waals surface area contributed by atoms with Crippen molar-refractivity contribution in [2.75, 3.05) is 11.9 Å². The zero-order valence-corrected chi connectivity index (χ0v) is 9.94. The molecule has 0 aliphatic heterocycles. The van der Waals surface area contributed by atoms with Gasteiger partial charge in [-0.05, 0) is 31.9 Å². The molecule has 1 nitrogen and oxygen atoms in total. The minimum Gasteiger partial charge on any atom is -0.492 e. The molecule has 0 unspecified atom stereocenters. The summed E-state index contributed by atoms with van der Waals surface area (Å²) in [5.41, 5.74) is 3.73. The summed E-state index contributed by atoms with van der Waals surface area (Å²) in [5.74, 6) is 1.03. The smallest absolute Gasteiger partial charge is 0.125 e. The van der Waals surface area contributed by atoms with Crippen molar-refractivity contribution in [3.05, 3.63) is 28.8 Å². The Morgan fingerprint density at radius 2 is 1.69 bits per heavy atom. The van der Waals surface area contributed by atoms with E-state index in [9.17, 15) is 0 Å². The Morgan fingerprint density at radius 1 is 1.15 bits per heavy atom. The predicted molar refractivity (Wildman–Crippen MR) is 59.9 cm³/mol. The van der Waals surface area contributed by atoms with Crippen LogP contribution in [0.4, 0.5) is 0 Å². The summed E-state index contributed by atoms with van der Waals surface area (Å²) in [4.78, 5) is 0. The van der Waals surface area contributed by atoms with Crippen LogP contribution in [0.2, 0.25) is 0 Å². The van der Waals surface area contributed by atoms with Gasteiger partial charge in [0.15, 0.2) is 0 Å². The lowest BCUT2D eigenvalue weighted by Crippen LogP contribution is -2.01. The van der Waals surface area contributed by atoms with Crippen LogP contribution >= 0.6 is 15.9 Å². The second-order valence-corrected chi connectivity index (χ2v) is 4.06. The fourth-order valence-corrected chi connectivity index (χ4v) is 1.70. The van der Waals surface area contributed by atoms with Gasteiger partial charge in [-0.3, -0.25) is 0 Å². The Morgan fingerprint density at radius 3 is 2.15 bits per heavy atom. The van der Waals surface area contributed by atoms with Crippen molar-refractivity contribution in [2.45, 2.75) is 20.8 Å². The number of rotatable bonds is 3. The summed E-state index contributed by atoms with van der Waals surface area (Å²) in [5, 5.41) is 0.875. The number of hydrogen-bond donors (Lipinski definition) is 0. The third-order valence-electron chi connectivity index (χ3n) is 1.93. The molecule has 0 aliphatic carbocycles. The average Bonchev–Trinajstić information content (AvgIpc) is 2.02. The van der Waals surface area contributed by atoms with Gasteiger partial charge in [-0.1, -0.05) is 33.6 Å². The standard InChI is InChI=1S/C11H15BrO/c1-8-6-9(2)11(10(3)7-8)13-5-4-12/h6-7H,4-5H2,1-3H3. The SMILES string of the molecule is Cc1cc(C)c(OCCBr)c(C)c1. The third-order valence-corrected chi connectivity index (χ3v) is 2.25. The summed E-state index contributed by atoms with van der Waals surface area (Å²) in [7, 11) is 0. The molecule has 0 radical (unpaired) electrons. The van der Waals surface area contributed by atoms with E-state index in [4.69, 9.17) is 4.74 Å². The van der Waals surface area contributed by atoms with E-state index in [1.54, 1.807) is 0 Å². The monoisotopic (exact) mass is 242 g/mol. The lowest BCUT2D eigenvalue weighted by molar-refractivity contribution is 0.340. The van der Waals surface area contributed by atoms with Crippen LogP contribution in [0.5, 0.6) is 5.75 Å². The first kappa shape index (κ1) is 10.6. The van der Waals surface area contributed by atoms with Gasteiger partial charge in [-0.15, -0.1) is 0 Å². The van der Waals surface area contributed by atoms with E-state index < -0.39 is 0 Å². The summed E-state index contributed by atoms with van der Waals surface area (Å²) in [6.45, 7) is 7.01. The number of aryl methyl sites for hydroxylation is 3. The van der Waals surface area contributed by atoms with Crippen LogP contribution in [0.1, 0.15) is 16.7 Å². The highest BCUT2D eigenvalue weighted by atomic mass is 79.9. The zero-order chi connectivity index (χ0) is 9.84. The van der Waals surface area contributed by atoms with Crippen molar-refractivity contribution in [3.63, 3.8) is 0 Å². The van der Waals surface area contributed by atoms with Gasteiger partial charge < -0.3 is 4.74 Å². The Labute approximate surface area is 88.2 Å². The first-order chi connectivity index (χ1) is 6.15. The van der Waals surface area contributed by atoms with E-state index in [2.05, 4.69) is 48.8 Å². The van der Waals surface area contributed by atoms with Crippen molar-refractivity contribution >= 4 is 15.9 Å². The van der Waals surface area contributed by atoms with Gasteiger partial charge in [-0.25, -0.2) is 0 Å². The highest BCUT2D eigenvalue weighted by Gasteiger charge is 2.03. The third kappa shape index (κ3) is 2.73. The molecule has 2 heteroatoms. The quantitative estimate of drug-likeness (QED) is 0.739. The highest BCUT2D eigenvalue weighted by Crippen LogP contribution is 2.24. The number of halogens is 1. The van der Waals surface area contributed by atoms with Crippen LogP contribution in [0, 0.1) is 20.8 Å². The normalized spacial score (nSPS) is 10.2. The maximum Gasteiger partial charge on any atom is 0.125 e. The first-order valence-corrected chi connectivity index (χ1v) is 5.54. The number of ether oxygens (including phenoxy) is 1. The second kappa shape index (κ2) is 4.66. The van der Waals surface area contributed by atoms with Gasteiger partial charge in [0.25, 0.3) is 0 Å². The molecular weight excluding hydrogens is 228 g/mol. The number of benzene rings is 1. The number of alkyl halides is 1. The molecule has 0 N–H and O–H groups in total. The van der Waals surface area contributed by atoms with Crippen LogP contribution in [0.15, 0.2) is 12.1 Å². The molecule has 0 heterocycles. The lowest BCUT2D eigenvalue weighted by atomic mass is 10.1. The van der Waals surface area contributed by atoms with Crippen molar-refractivity contribution in [1.82, 2.24) is 0 Å². The van der Waals surface area contributed by atoms with Crippen LogP contribution < -0.4 is 4.74 Å². The molecule has 0 amide bonds. The first-order valence-electron chi connectivity index (χ1n) is 4.41. The molecule has 0 aliphatic rings. The Bertz CT molecular complexity index is 271. The van der Waals surface area contributed by atoms with Crippen LogP contribution in [0.3, 0.4) is 0 Å². The predicted octanol–water partition coefficient (Wildman–Crippen LogP) is 3.39. The maximum atomic E-state index is 5.62. The van der Waals surface area contributed by atoms with Crippen LogP contribution in [-0.4, -0.2) is 11.9 Å². The summed E-state index contributed by atoms with van der Waals surface area (Å²) in [6.07, 6.45) is 0. The Balaban J connectivity index is 2.92. The molecule has 0 saturated carbocycles. The number of hydrogen-bond acceptors (Lipinski definition) is 1. The Hall–Kier alpha value is -0.500. The molecule has 0 aromatic heterocycles. The molecule has 1 rings (SSSR count). The molecule has 0 atom stereocenters. The minimum absolute atomic E-state index is 0.727. The summed E-state index contributed by atoms with van der Waals surface area (Å²) < 4.78 is 5.62. The Kier molecular flexibility index (Phi) is 3.79. The van der Waals surface area contributed by atoms with Crippen molar-refractivity contribution < 1.29 is 4.74 Å². The summed E-state index contributed by atoms with van der Waals surface area (Å²) in [6, 6.07) is 4.30. The van der Waals surface area contributed by atoms with E-state index in [0.717, 1.165) is 17.7 Å². The van der Waals surface area contributed by atoms with E-state index in [-0.39, 0.29) is 0 Å². The molecule has 0 spiro atoms. The van der Waals surface area contributed by atoms with Gasteiger partial charge in [0.05, 0.1) is 6.61 Å². The zero-order valence-electron chi connectivity index (χ0n) is 8.36.